The highest BCUT2D eigenvalue weighted by molar-refractivity contribution is 6.74. The summed E-state index contributed by atoms with van der Waals surface area (Å²) in [4.78, 5) is 12.7. The summed E-state index contributed by atoms with van der Waals surface area (Å²) in [6.45, 7) is 20.6. The molecule has 0 N–H and O–H groups in total. The van der Waals surface area contributed by atoms with Crippen LogP contribution in [0.25, 0.3) is 0 Å². The van der Waals surface area contributed by atoms with Gasteiger partial charge in [-0.3, -0.25) is 4.79 Å². The van der Waals surface area contributed by atoms with Crippen LogP contribution >= 0.6 is 0 Å². The summed E-state index contributed by atoms with van der Waals surface area (Å²) in [5.41, 5.74) is 0. The van der Waals surface area contributed by atoms with E-state index in [0.717, 1.165) is 13.0 Å². The van der Waals surface area contributed by atoms with Crippen molar-refractivity contribution < 1.29 is 13.6 Å². The van der Waals surface area contributed by atoms with E-state index in [1.54, 1.807) is 0 Å². The van der Waals surface area contributed by atoms with Crippen molar-refractivity contribution in [2.45, 2.75) is 77.5 Å². The van der Waals surface area contributed by atoms with Gasteiger partial charge in [-0.05, 0) is 52.2 Å². The lowest BCUT2D eigenvalue weighted by atomic mass is 10.2. The van der Waals surface area contributed by atoms with Gasteiger partial charge in [0.25, 0.3) is 0 Å². The van der Waals surface area contributed by atoms with E-state index in [0.29, 0.717) is 0 Å². The molecule has 4 nitrogen and oxygen atoms in total. The second-order valence-corrected chi connectivity index (χ2v) is 22.7. The third-order valence-electron chi connectivity index (χ3n) is 3.36. The Kier molecular flexibility index (Phi) is 5.70. The molecule has 1 aliphatic heterocycles. The minimum absolute atomic E-state index is 0.00671. The highest BCUT2D eigenvalue weighted by atomic mass is 28.4. The minimum Gasteiger partial charge on any atom is -0.519 e. The van der Waals surface area contributed by atoms with Crippen LogP contribution < -0.4 is 0 Å². The Morgan fingerprint density at radius 2 is 1.48 bits per heavy atom. The van der Waals surface area contributed by atoms with Gasteiger partial charge in [0.2, 0.25) is 8.32 Å². The number of rotatable bonds is 5. The second-order valence-electron chi connectivity index (χ2n) is 8.90. The maximum Gasteiger partial charge on any atom is 0.312 e. The first-order valence-electron chi connectivity index (χ1n) is 7.88. The molecule has 21 heavy (non-hydrogen) atoms. The molecule has 0 spiro atoms. The van der Waals surface area contributed by atoms with Gasteiger partial charge in [-0.2, -0.15) is 0 Å². The van der Waals surface area contributed by atoms with Crippen molar-refractivity contribution in [3.8, 4) is 0 Å². The quantitative estimate of drug-likeness (QED) is 0.714. The number of carbonyl (C=O) groups excluding carboxylic acids is 1. The third-order valence-corrected chi connectivity index (χ3v) is 7.41. The van der Waals surface area contributed by atoms with Gasteiger partial charge in [-0.1, -0.05) is 19.6 Å². The topological polar surface area (TPSA) is 38.8 Å². The molecule has 1 heterocycles. The van der Waals surface area contributed by atoms with Crippen molar-refractivity contribution in [3.63, 3.8) is 0 Å². The summed E-state index contributed by atoms with van der Waals surface area (Å²) in [5, 5.41) is 0. The predicted octanol–water partition coefficient (Wildman–Crippen LogP) is 3.49. The molecule has 0 radical (unpaired) electrons. The number of nitrogens with zero attached hydrogens (tertiary/aromatic N) is 1. The molecule has 0 aliphatic carbocycles. The van der Waals surface area contributed by atoms with E-state index in [4.69, 9.17) is 8.85 Å². The van der Waals surface area contributed by atoms with Crippen LogP contribution in [0.2, 0.25) is 58.9 Å². The lowest BCUT2D eigenvalue weighted by Crippen LogP contribution is -2.56. The predicted molar refractivity (Wildman–Crippen MR) is 96.1 cm³/mol. The first-order valence-corrected chi connectivity index (χ1v) is 18.1. The SMILES string of the molecule is C[Si](C)(C)OC(=O)[C@@H]1C(O[Si](C)(C)C)CCN1[Si](C)(C)C. The molecule has 0 aromatic carbocycles. The van der Waals surface area contributed by atoms with Gasteiger partial charge in [0.1, 0.15) is 14.3 Å². The summed E-state index contributed by atoms with van der Waals surface area (Å²) in [6, 6.07) is -0.199. The Morgan fingerprint density at radius 3 is 1.86 bits per heavy atom. The normalized spacial score (nSPS) is 25.2. The molecule has 0 bridgehead atoms. The van der Waals surface area contributed by atoms with Gasteiger partial charge in [0.05, 0.1) is 6.10 Å². The van der Waals surface area contributed by atoms with Gasteiger partial charge in [0, 0.05) is 0 Å². The van der Waals surface area contributed by atoms with E-state index >= 15 is 0 Å². The van der Waals surface area contributed by atoms with Gasteiger partial charge in [-0.25, -0.2) is 0 Å². The van der Waals surface area contributed by atoms with Crippen LogP contribution in [0.5, 0.6) is 0 Å². The van der Waals surface area contributed by atoms with Gasteiger partial charge in [0.15, 0.2) is 8.32 Å². The highest BCUT2D eigenvalue weighted by Gasteiger charge is 2.47. The van der Waals surface area contributed by atoms with Crippen LogP contribution in [0.15, 0.2) is 0 Å². The van der Waals surface area contributed by atoms with Crippen molar-refractivity contribution in [2.75, 3.05) is 6.54 Å². The van der Waals surface area contributed by atoms with Crippen molar-refractivity contribution in [1.82, 2.24) is 4.57 Å². The summed E-state index contributed by atoms with van der Waals surface area (Å²) in [6.07, 6.45) is 0.951. The van der Waals surface area contributed by atoms with Gasteiger partial charge < -0.3 is 13.4 Å². The van der Waals surface area contributed by atoms with E-state index in [9.17, 15) is 4.79 Å². The molecule has 0 aromatic rings. The van der Waals surface area contributed by atoms with Crippen LogP contribution in [-0.2, 0) is 13.6 Å². The molecular weight excluding hydrogens is 314 g/mol. The van der Waals surface area contributed by atoms with Crippen molar-refractivity contribution in [2.24, 2.45) is 0 Å². The Balaban J connectivity index is 2.98. The molecule has 1 fully saturated rings. The minimum atomic E-state index is -1.87. The van der Waals surface area contributed by atoms with Crippen LogP contribution in [0.1, 0.15) is 6.42 Å². The maximum absolute atomic E-state index is 12.7. The molecule has 1 rings (SSSR count). The molecule has 0 aromatic heterocycles. The molecule has 1 unspecified atom stereocenters. The number of carbonyl (C=O) groups is 1. The average Bonchev–Trinajstić information content (AvgIpc) is 2.54. The summed E-state index contributed by atoms with van der Waals surface area (Å²) in [5.74, 6) is -0.0580. The summed E-state index contributed by atoms with van der Waals surface area (Å²) < 4.78 is 14.5. The lowest BCUT2D eigenvalue weighted by Gasteiger charge is -2.38. The first-order chi connectivity index (χ1) is 9.21. The smallest absolute Gasteiger partial charge is 0.312 e. The summed E-state index contributed by atoms with van der Waals surface area (Å²) in [7, 11) is -5.09. The van der Waals surface area contributed by atoms with E-state index in [-0.39, 0.29) is 18.1 Å². The lowest BCUT2D eigenvalue weighted by molar-refractivity contribution is -0.141. The molecule has 0 amide bonds. The Labute approximate surface area is 133 Å². The summed E-state index contributed by atoms with van der Waals surface area (Å²) >= 11 is 0. The third kappa shape index (κ3) is 5.97. The number of hydrogen-bond donors (Lipinski definition) is 0. The number of hydrogen-bond acceptors (Lipinski definition) is 4. The van der Waals surface area contributed by atoms with Crippen molar-refractivity contribution in [3.05, 3.63) is 0 Å². The highest BCUT2D eigenvalue weighted by Crippen LogP contribution is 2.30. The fourth-order valence-electron chi connectivity index (χ4n) is 2.74. The van der Waals surface area contributed by atoms with E-state index in [1.807, 2.05) is 0 Å². The first kappa shape index (κ1) is 19.1. The van der Waals surface area contributed by atoms with Crippen LogP contribution in [0.3, 0.4) is 0 Å². The zero-order valence-corrected chi connectivity index (χ0v) is 18.2. The van der Waals surface area contributed by atoms with Crippen LogP contribution in [-0.4, -0.2) is 54.1 Å². The Hall–Kier alpha value is 0.0406. The van der Waals surface area contributed by atoms with Crippen LogP contribution in [0.4, 0.5) is 0 Å². The van der Waals surface area contributed by atoms with Crippen LogP contribution in [0, 0.1) is 0 Å². The molecule has 1 saturated heterocycles. The molecule has 7 heteroatoms. The Bertz CT molecular complexity index is 382. The van der Waals surface area contributed by atoms with Crippen molar-refractivity contribution >= 4 is 30.8 Å². The largest absolute Gasteiger partial charge is 0.519 e. The zero-order chi connectivity index (χ0) is 16.6. The molecule has 124 valence electrons. The van der Waals surface area contributed by atoms with E-state index < -0.39 is 24.9 Å². The fourth-order valence-corrected chi connectivity index (χ4v) is 6.52. The molecule has 0 saturated carbocycles. The fraction of sp³-hybridized carbons (Fsp3) is 0.929. The average molecular weight is 348 g/mol. The Morgan fingerprint density at radius 1 is 0.952 bits per heavy atom. The van der Waals surface area contributed by atoms with Gasteiger partial charge in [-0.15, -0.1) is 0 Å². The van der Waals surface area contributed by atoms with E-state index in [2.05, 4.69) is 63.5 Å². The monoisotopic (exact) mass is 347 g/mol. The molecular formula is C14H33NO3Si3. The van der Waals surface area contributed by atoms with Gasteiger partial charge >= 0.3 is 5.97 Å². The zero-order valence-electron chi connectivity index (χ0n) is 15.2. The molecule has 2 atom stereocenters. The van der Waals surface area contributed by atoms with E-state index in [1.165, 1.54) is 0 Å². The standard InChI is InChI=1S/C14H33NO3Si3/c1-19(2,3)15-11-10-12(17-20(4,5)6)13(15)14(16)18-21(7,8)9/h12-13H,10-11H2,1-9H3/t12?,13-/m0/s1. The second kappa shape index (κ2) is 6.27. The van der Waals surface area contributed by atoms with Crippen molar-refractivity contribution in [1.29, 1.82) is 0 Å². The molecule has 1 aliphatic rings. The maximum atomic E-state index is 12.7.